The highest BCUT2D eigenvalue weighted by Gasteiger charge is 2.28. The molecule has 208 valence electrons. The van der Waals surface area contributed by atoms with Gasteiger partial charge in [-0.15, -0.1) is 0 Å². The lowest BCUT2D eigenvalue weighted by Crippen LogP contribution is -2.49. The van der Waals surface area contributed by atoms with Gasteiger partial charge < -0.3 is 14.3 Å². The van der Waals surface area contributed by atoms with Gasteiger partial charge >= 0.3 is 0 Å². The predicted molar refractivity (Wildman–Crippen MR) is 160 cm³/mol. The number of amides is 1. The summed E-state index contributed by atoms with van der Waals surface area (Å²) in [6, 6.07) is 20.2. The fourth-order valence-electron chi connectivity index (χ4n) is 5.19. The maximum atomic E-state index is 13.3. The summed E-state index contributed by atoms with van der Waals surface area (Å²) in [4.78, 5) is 31.5. The van der Waals surface area contributed by atoms with Crippen molar-refractivity contribution in [3.05, 3.63) is 101 Å². The number of anilines is 1. The molecule has 1 saturated heterocycles. The molecule has 8 heteroatoms. The van der Waals surface area contributed by atoms with Gasteiger partial charge in [-0.2, -0.15) is 4.98 Å². The molecule has 0 spiro atoms. The minimum atomic E-state index is 0.0466. The molecular weight excluding hydrogens is 512 g/mol. The van der Waals surface area contributed by atoms with Crippen LogP contribution in [0.1, 0.15) is 53.6 Å². The third-order valence-corrected chi connectivity index (χ3v) is 7.65. The van der Waals surface area contributed by atoms with Gasteiger partial charge in [0.05, 0.1) is 0 Å². The van der Waals surface area contributed by atoms with Gasteiger partial charge in [0, 0.05) is 56.1 Å². The second-order valence-corrected chi connectivity index (χ2v) is 11.7. The number of benzene rings is 2. The first-order valence-electron chi connectivity index (χ1n) is 14.0. The number of fused-ring (bicyclic) bond motifs is 1. The van der Waals surface area contributed by atoms with Crippen molar-refractivity contribution in [3.63, 3.8) is 0 Å². The summed E-state index contributed by atoms with van der Waals surface area (Å²) in [6.07, 6.45) is 4.08. The number of hydrogen-bond donors (Lipinski definition) is 0. The molecule has 41 heavy (non-hydrogen) atoms. The average molecular weight is 547 g/mol. The molecule has 0 aliphatic carbocycles. The first-order valence-corrected chi connectivity index (χ1v) is 14.0. The smallest absolute Gasteiger partial charge is 0.263 e. The van der Waals surface area contributed by atoms with Crippen molar-refractivity contribution in [1.29, 1.82) is 0 Å². The van der Waals surface area contributed by atoms with E-state index >= 15 is 0 Å². The number of pyridine rings is 1. The summed E-state index contributed by atoms with van der Waals surface area (Å²) >= 11 is 0. The topological polar surface area (TPSA) is 88.3 Å². The van der Waals surface area contributed by atoms with E-state index in [1.165, 1.54) is 11.1 Å². The fourth-order valence-corrected chi connectivity index (χ4v) is 5.19. The van der Waals surface area contributed by atoms with E-state index in [0.717, 1.165) is 22.3 Å². The SMILES string of the molecule is Cc1ccc(Cc2nc(N3CCN(C(=O)c4ccc(C(C)(C)C)cc4)CC3)c3c(-c4cccnc4)noc3n2)cc1. The summed E-state index contributed by atoms with van der Waals surface area (Å²) < 4.78 is 5.76. The first-order chi connectivity index (χ1) is 19.8. The zero-order valence-electron chi connectivity index (χ0n) is 24.0. The Balaban J connectivity index is 1.28. The van der Waals surface area contributed by atoms with Crippen LogP contribution in [-0.2, 0) is 11.8 Å². The van der Waals surface area contributed by atoms with Crippen LogP contribution in [0.5, 0.6) is 0 Å². The lowest BCUT2D eigenvalue weighted by molar-refractivity contribution is 0.0746. The van der Waals surface area contributed by atoms with Gasteiger partial charge in [-0.05, 0) is 47.7 Å². The minimum Gasteiger partial charge on any atom is -0.352 e. The first kappa shape index (κ1) is 26.6. The molecule has 1 aliphatic rings. The largest absolute Gasteiger partial charge is 0.352 e. The summed E-state index contributed by atoms with van der Waals surface area (Å²) in [7, 11) is 0. The highest BCUT2D eigenvalue weighted by atomic mass is 16.5. The molecule has 8 nitrogen and oxygen atoms in total. The van der Waals surface area contributed by atoms with Crippen molar-refractivity contribution in [2.75, 3.05) is 31.1 Å². The van der Waals surface area contributed by atoms with E-state index in [9.17, 15) is 4.79 Å². The Morgan fingerprint density at radius 2 is 1.66 bits per heavy atom. The van der Waals surface area contributed by atoms with Crippen molar-refractivity contribution in [1.82, 2.24) is 25.0 Å². The molecule has 0 N–H and O–H groups in total. The number of carbonyl (C=O) groups excluding carboxylic acids is 1. The van der Waals surface area contributed by atoms with Crippen LogP contribution in [0.3, 0.4) is 0 Å². The summed E-state index contributed by atoms with van der Waals surface area (Å²) in [5, 5.41) is 5.15. The average Bonchev–Trinajstić information content (AvgIpc) is 3.42. The van der Waals surface area contributed by atoms with Crippen LogP contribution in [0, 0.1) is 6.92 Å². The Bertz CT molecular complexity index is 1660. The van der Waals surface area contributed by atoms with E-state index in [-0.39, 0.29) is 11.3 Å². The van der Waals surface area contributed by atoms with Crippen molar-refractivity contribution >= 4 is 22.8 Å². The van der Waals surface area contributed by atoms with Crippen LogP contribution < -0.4 is 4.90 Å². The standard InChI is InChI=1S/C33H34N6O2/c1-22-7-9-23(10-8-22)20-27-35-30(28-29(37-41-31(28)36-27)25-6-5-15-34-21-25)38-16-18-39(19-17-38)32(40)24-11-13-26(14-12-24)33(2,3)4/h5-15,21H,16-20H2,1-4H3. The maximum absolute atomic E-state index is 13.3. The van der Waals surface area contributed by atoms with E-state index in [1.807, 2.05) is 29.2 Å². The van der Waals surface area contributed by atoms with Crippen LogP contribution in [0.25, 0.3) is 22.4 Å². The molecule has 4 heterocycles. The van der Waals surface area contributed by atoms with Gasteiger partial charge in [0.2, 0.25) is 0 Å². The molecule has 5 aromatic rings. The van der Waals surface area contributed by atoms with E-state index in [1.54, 1.807) is 12.4 Å². The molecule has 6 rings (SSSR count). The highest BCUT2D eigenvalue weighted by molar-refractivity contribution is 5.98. The Labute approximate surface area is 240 Å². The Morgan fingerprint density at radius 3 is 2.32 bits per heavy atom. The number of aryl methyl sites for hydroxylation is 1. The van der Waals surface area contributed by atoms with Gasteiger partial charge in [-0.25, -0.2) is 4.98 Å². The fraction of sp³-hybridized carbons (Fsp3) is 0.303. The van der Waals surface area contributed by atoms with E-state index in [0.29, 0.717) is 55.4 Å². The van der Waals surface area contributed by atoms with Gasteiger partial charge in [-0.1, -0.05) is 67.9 Å². The van der Waals surface area contributed by atoms with Crippen LogP contribution >= 0.6 is 0 Å². The quantitative estimate of drug-likeness (QED) is 0.274. The lowest BCUT2D eigenvalue weighted by Gasteiger charge is -2.35. The number of aromatic nitrogens is 4. The molecule has 0 saturated carbocycles. The number of piperazine rings is 1. The van der Waals surface area contributed by atoms with Crippen molar-refractivity contribution in [2.45, 2.75) is 39.5 Å². The molecule has 2 aromatic carbocycles. The summed E-state index contributed by atoms with van der Waals surface area (Å²) in [6.45, 7) is 11.1. The van der Waals surface area contributed by atoms with Crippen molar-refractivity contribution in [3.8, 4) is 11.3 Å². The third kappa shape index (κ3) is 5.55. The number of rotatable bonds is 5. The summed E-state index contributed by atoms with van der Waals surface area (Å²) in [5.41, 5.74) is 6.27. The number of nitrogens with zero attached hydrogens (tertiary/aromatic N) is 6. The second-order valence-electron chi connectivity index (χ2n) is 11.7. The molecule has 1 amide bonds. The third-order valence-electron chi connectivity index (χ3n) is 7.65. The van der Waals surface area contributed by atoms with Crippen molar-refractivity contribution < 1.29 is 9.32 Å². The van der Waals surface area contributed by atoms with E-state index < -0.39 is 0 Å². The zero-order valence-corrected chi connectivity index (χ0v) is 24.0. The van der Waals surface area contributed by atoms with Crippen LogP contribution in [0.15, 0.2) is 77.6 Å². The van der Waals surface area contributed by atoms with E-state index in [2.05, 4.69) is 79.1 Å². The van der Waals surface area contributed by atoms with Crippen LogP contribution in [0.4, 0.5) is 5.82 Å². The Hall–Kier alpha value is -4.59. The highest BCUT2D eigenvalue weighted by Crippen LogP contribution is 2.34. The normalized spacial score (nSPS) is 14.0. The molecule has 0 unspecified atom stereocenters. The molecular formula is C33H34N6O2. The Kier molecular flexibility index (Phi) is 6.99. The lowest BCUT2D eigenvalue weighted by atomic mass is 9.86. The van der Waals surface area contributed by atoms with Gasteiger partial charge in [-0.3, -0.25) is 9.78 Å². The molecule has 0 atom stereocenters. The molecule has 1 aliphatic heterocycles. The monoisotopic (exact) mass is 546 g/mol. The van der Waals surface area contributed by atoms with Gasteiger partial charge in [0.1, 0.15) is 22.7 Å². The molecule has 1 fully saturated rings. The Morgan fingerprint density at radius 1 is 0.927 bits per heavy atom. The van der Waals surface area contributed by atoms with Crippen LogP contribution in [0.2, 0.25) is 0 Å². The molecule has 0 bridgehead atoms. The van der Waals surface area contributed by atoms with Gasteiger partial charge in [0.25, 0.3) is 11.6 Å². The number of carbonyl (C=O) groups is 1. The molecule has 0 radical (unpaired) electrons. The zero-order chi connectivity index (χ0) is 28.6. The van der Waals surface area contributed by atoms with E-state index in [4.69, 9.17) is 14.5 Å². The second kappa shape index (κ2) is 10.8. The number of hydrogen-bond acceptors (Lipinski definition) is 7. The van der Waals surface area contributed by atoms with Crippen molar-refractivity contribution in [2.24, 2.45) is 0 Å². The van der Waals surface area contributed by atoms with Gasteiger partial charge in [0.15, 0.2) is 0 Å². The predicted octanol–water partition coefficient (Wildman–Crippen LogP) is 5.84. The maximum Gasteiger partial charge on any atom is 0.263 e. The molecule has 3 aromatic heterocycles. The van der Waals surface area contributed by atoms with Crippen LogP contribution in [-0.4, -0.2) is 57.1 Å². The summed E-state index contributed by atoms with van der Waals surface area (Å²) in [5.74, 6) is 1.50. The minimum absolute atomic E-state index is 0.0466.